The highest BCUT2D eigenvalue weighted by molar-refractivity contribution is 7.92. The fraction of sp³-hybridized carbons (Fsp3) is 0.269. The molecule has 4 rings (SSSR count). The summed E-state index contributed by atoms with van der Waals surface area (Å²) in [6, 6.07) is 19.4. The lowest BCUT2D eigenvalue weighted by Gasteiger charge is -2.23. The van der Waals surface area contributed by atoms with E-state index in [1.54, 1.807) is 36.4 Å². The average molecular weight is 498 g/mol. The van der Waals surface area contributed by atoms with E-state index in [4.69, 9.17) is 11.6 Å². The van der Waals surface area contributed by atoms with E-state index in [9.17, 15) is 13.2 Å². The maximum atomic E-state index is 13.1. The van der Waals surface area contributed by atoms with Crippen molar-refractivity contribution in [2.24, 2.45) is 0 Å². The second kappa shape index (κ2) is 10.5. The molecule has 1 saturated heterocycles. The number of nitrogens with one attached hydrogen (secondary N) is 2. The zero-order chi connectivity index (χ0) is 24.1. The summed E-state index contributed by atoms with van der Waals surface area (Å²) < 4.78 is 28.9. The SMILES string of the molecule is Cc1ccc(S(=O)(=O)Nc2cc(C(=O)NCCc3ccc(Cl)cc3)ccc2N2CCCC2)cc1. The van der Waals surface area contributed by atoms with E-state index in [1.807, 2.05) is 37.3 Å². The van der Waals surface area contributed by atoms with Crippen LogP contribution in [-0.4, -0.2) is 34.0 Å². The van der Waals surface area contributed by atoms with Gasteiger partial charge in [-0.15, -0.1) is 0 Å². The predicted octanol–water partition coefficient (Wildman–Crippen LogP) is 5.02. The molecule has 0 bridgehead atoms. The molecule has 1 aliphatic heterocycles. The van der Waals surface area contributed by atoms with Gasteiger partial charge in [0.15, 0.2) is 0 Å². The van der Waals surface area contributed by atoms with Crippen LogP contribution < -0.4 is 14.9 Å². The number of aryl methyl sites for hydroxylation is 1. The molecule has 178 valence electrons. The summed E-state index contributed by atoms with van der Waals surface area (Å²) in [5, 5.41) is 3.59. The molecule has 1 fully saturated rings. The Morgan fingerprint density at radius 1 is 0.971 bits per heavy atom. The van der Waals surface area contributed by atoms with Gasteiger partial charge in [0.1, 0.15) is 0 Å². The van der Waals surface area contributed by atoms with Crippen molar-refractivity contribution in [1.82, 2.24) is 5.32 Å². The van der Waals surface area contributed by atoms with Crippen LogP contribution in [0.15, 0.2) is 71.6 Å². The van der Waals surface area contributed by atoms with Crippen molar-refractivity contribution in [3.05, 3.63) is 88.4 Å². The Hall–Kier alpha value is -3.03. The Bertz CT molecular complexity index is 1250. The first-order valence-corrected chi connectivity index (χ1v) is 13.2. The lowest BCUT2D eigenvalue weighted by molar-refractivity contribution is 0.0954. The quantitative estimate of drug-likeness (QED) is 0.458. The predicted molar refractivity (Wildman–Crippen MR) is 137 cm³/mol. The van der Waals surface area contributed by atoms with Gasteiger partial charge in [-0.1, -0.05) is 41.4 Å². The van der Waals surface area contributed by atoms with Crippen LogP contribution in [0.1, 0.15) is 34.3 Å². The molecular weight excluding hydrogens is 470 g/mol. The van der Waals surface area contributed by atoms with E-state index >= 15 is 0 Å². The monoisotopic (exact) mass is 497 g/mol. The molecular formula is C26H28ClN3O3S. The summed E-state index contributed by atoms with van der Waals surface area (Å²) in [5.41, 5.74) is 3.65. The maximum Gasteiger partial charge on any atom is 0.261 e. The molecule has 3 aromatic rings. The Labute approximate surface area is 206 Å². The fourth-order valence-electron chi connectivity index (χ4n) is 3.99. The van der Waals surface area contributed by atoms with Gasteiger partial charge in [-0.2, -0.15) is 0 Å². The van der Waals surface area contributed by atoms with Crippen LogP contribution in [0.2, 0.25) is 5.02 Å². The number of rotatable bonds is 8. The minimum absolute atomic E-state index is 0.184. The number of carbonyl (C=O) groups is 1. The highest BCUT2D eigenvalue weighted by atomic mass is 35.5. The van der Waals surface area contributed by atoms with E-state index in [0.717, 1.165) is 42.7 Å². The van der Waals surface area contributed by atoms with Crippen LogP contribution in [0.25, 0.3) is 0 Å². The number of halogens is 1. The van der Waals surface area contributed by atoms with E-state index < -0.39 is 10.0 Å². The second-order valence-electron chi connectivity index (χ2n) is 8.48. The largest absolute Gasteiger partial charge is 0.370 e. The minimum Gasteiger partial charge on any atom is -0.370 e. The van der Waals surface area contributed by atoms with Gasteiger partial charge in [-0.25, -0.2) is 8.42 Å². The summed E-state index contributed by atoms with van der Waals surface area (Å²) in [6.45, 7) is 4.07. The van der Waals surface area contributed by atoms with Crippen molar-refractivity contribution in [3.63, 3.8) is 0 Å². The molecule has 0 aliphatic carbocycles. The third-order valence-corrected chi connectivity index (χ3v) is 7.53. The highest BCUT2D eigenvalue weighted by Gasteiger charge is 2.22. The second-order valence-corrected chi connectivity index (χ2v) is 10.6. The van der Waals surface area contributed by atoms with Gasteiger partial charge < -0.3 is 10.2 Å². The lowest BCUT2D eigenvalue weighted by Crippen LogP contribution is -2.26. The maximum absolute atomic E-state index is 13.1. The molecule has 1 heterocycles. The van der Waals surface area contributed by atoms with E-state index in [-0.39, 0.29) is 10.8 Å². The zero-order valence-corrected chi connectivity index (χ0v) is 20.6. The molecule has 0 unspecified atom stereocenters. The van der Waals surface area contributed by atoms with Crippen LogP contribution >= 0.6 is 11.6 Å². The molecule has 34 heavy (non-hydrogen) atoms. The van der Waals surface area contributed by atoms with Crippen molar-refractivity contribution in [2.45, 2.75) is 31.1 Å². The first-order chi connectivity index (χ1) is 16.3. The summed E-state index contributed by atoms with van der Waals surface area (Å²) in [4.78, 5) is 15.2. The number of anilines is 2. The summed E-state index contributed by atoms with van der Waals surface area (Å²) in [5.74, 6) is -0.252. The summed E-state index contributed by atoms with van der Waals surface area (Å²) >= 11 is 5.92. The van der Waals surface area contributed by atoms with Crippen molar-refractivity contribution < 1.29 is 13.2 Å². The van der Waals surface area contributed by atoms with Crippen molar-refractivity contribution in [1.29, 1.82) is 0 Å². The van der Waals surface area contributed by atoms with Gasteiger partial charge in [-0.3, -0.25) is 9.52 Å². The van der Waals surface area contributed by atoms with Crippen molar-refractivity contribution in [3.8, 4) is 0 Å². The standard InChI is InChI=1S/C26H28ClN3O3S/c1-19-4-11-23(12-5-19)34(32,33)29-24-18-21(8-13-25(24)30-16-2-3-17-30)26(31)28-15-14-20-6-9-22(27)10-7-20/h4-13,18,29H,2-3,14-17H2,1H3,(H,28,31). The smallest absolute Gasteiger partial charge is 0.261 e. The van der Waals surface area contributed by atoms with Gasteiger partial charge in [0.2, 0.25) is 0 Å². The van der Waals surface area contributed by atoms with Crippen LogP contribution in [-0.2, 0) is 16.4 Å². The number of nitrogens with zero attached hydrogens (tertiary/aromatic N) is 1. The number of sulfonamides is 1. The molecule has 6 nitrogen and oxygen atoms in total. The Balaban J connectivity index is 1.53. The van der Waals surface area contributed by atoms with Gasteiger partial charge in [0, 0.05) is 30.2 Å². The number of benzene rings is 3. The van der Waals surface area contributed by atoms with Crippen molar-refractivity contribution >= 4 is 38.9 Å². The van der Waals surface area contributed by atoms with Gasteiger partial charge in [0.05, 0.1) is 16.3 Å². The first-order valence-electron chi connectivity index (χ1n) is 11.3. The third kappa shape index (κ3) is 5.90. The molecule has 0 saturated carbocycles. The molecule has 8 heteroatoms. The molecule has 0 atom stereocenters. The van der Waals surface area contributed by atoms with E-state index in [1.165, 1.54) is 0 Å². The summed E-state index contributed by atoms with van der Waals surface area (Å²) in [6.07, 6.45) is 2.77. The van der Waals surface area contributed by atoms with Crippen LogP contribution in [0.3, 0.4) is 0 Å². The topological polar surface area (TPSA) is 78.5 Å². The fourth-order valence-corrected chi connectivity index (χ4v) is 5.18. The minimum atomic E-state index is -3.80. The average Bonchev–Trinajstić information content (AvgIpc) is 3.35. The van der Waals surface area contributed by atoms with Gasteiger partial charge in [0.25, 0.3) is 15.9 Å². The van der Waals surface area contributed by atoms with Crippen LogP contribution in [0.4, 0.5) is 11.4 Å². The summed E-state index contributed by atoms with van der Waals surface area (Å²) in [7, 11) is -3.80. The first kappa shape index (κ1) is 24.1. The number of hydrogen-bond donors (Lipinski definition) is 2. The molecule has 1 aliphatic rings. The number of hydrogen-bond acceptors (Lipinski definition) is 4. The van der Waals surface area contributed by atoms with Crippen LogP contribution in [0.5, 0.6) is 0 Å². The molecule has 3 aromatic carbocycles. The molecule has 0 radical (unpaired) electrons. The van der Waals surface area contributed by atoms with E-state index in [2.05, 4.69) is 14.9 Å². The number of amides is 1. The Morgan fingerprint density at radius 2 is 1.65 bits per heavy atom. The number of carbonyl (C=O) groups excluding carboxylic acids is 1. The molecule has 1 amide bonds. The zero-order valence-electron chi connectivity index (χ0n) is 19.1. The van der Waals surface area contributed by atoms with E-state index in [0.29, 0.717) is 29.2 Å². The molecule has 0 spiro atoms. The normalized spacial score (nSPS) is 13.6. The van der Waals surface area contributed by atoms with Gasteiger partial charge >= 0.3 is 0 Å². The van der Waals surface area contributed by atoms with Gasteiger partial charge in [-0.05, 0) is 74.2 Å². The lowest BCUT2D eigenvalue weighted by atomic mass is 10.1. The molecule has 0 aromatic heterocycles. The van der Waals surface area contributed by atoms with Crippen LogP contribution in [0, 0.1) is 6.92 Å². The third-order valence-electron chi connectivity index (χ3n) is 5.89. The van der Waals surface area contributed by atoms with Crippen molar-refractivity contribution in [2.75, 3.05) is 29.3 Å². The molecule has 2 N–H and O–H groups in total. The Kier molecular flexibility index (Phi) is 7.44. The Morgan fingerprint density at radius 3 is 2.32 bits per heavy atom. The highest BCUT2D eigenvalue weighted by Crippen LogP contribution is 2.32.